The summed E-state index contributed by atoms with van der Waals surface area (Å²) in [5.41, 5.74) is 1.18. The smallest absolute Gasteiger partial charge is 0.153 e. The van der Waals surface area contributed by atoms with Gasteiger partial charge in [-0.05, 0) is 30.5 Å². The number of hydrogen-bond acceptors (Lipinski definition) is 3. The van der Waals surface area contributed by atoms with E-state index in [-0.39, 0.29) is 17.4 Å². The summed E-state index contributed by atoms with van der Waals surface area (Å²) in [6, 6.07) is 4.93. The van der Waals surface area contributed by atoms with Gasteiger partial charge in [-0.15, -0.1) is 0 Å². The lowest BCUT2D eigenvalue weighted by atomic mass is 10.00. The van der Waals surface area contributed by atoms with Gasteiger partial charge < -0.3 is 10.2 Å². The van der Waals surface area contributed by atoms with Crippen molar-refractivity contribution in [3.05, 3.63) is 29.3 Å². The van der Waals surface area contributed by atoms with Gasteiger partial charge in [-0.2, -0.15) is 0 Å². The summed E-state index contributed by atoms with van der Waals surface area (Å²) in [5.74, 6) is -0.00341. The number of aliphatic hydroxyl groups is 1. The number of phenols is 1. The van der Waals surface area contributed by atoms with Crippen molar-refractivity contribution < 1.29 is 15.0 Å². The summed E-state index contributed by atoms with van der Waals surface area (Å²) in [6.07, 6.45) is 11.7. The van der Waals surface area contributed by atoms with Crippen LogP contribution in [0.5, 0.6) is 5.75 Å². The van der Waals surface area contributed by atoms with Crippen LogP contribution in [0.3, 0.4) is 0 Å². The molecule has 0 saturated heterocycles. The zero-order chi connectivity index (χ0) is 16.2. The Kier molecular flexibility index (Phi) is 9.56. The van der Waals surface area contributed by atoms with E-state index in [4.69, 9.17) is 0 Å². The van der Waals surface area contributed by atoms with Gasteiger partial charge in [0.1, 0.15) is 5.75 Å². The SMILES string of the molecule is CCCCCCCCCCC(O)Cc1ccc(O)c(C=O)c1. The lowest BCUT2D eigenvalue weighted by molar-refractivity contribution is 0.112. The molecule has 0 saturated carbocycles. The number of phenolic OH excluding ortho intramolecular Hbond substituents is 1. The third-order valence-corrected chi connectivity index (χ3v) is 4.08. The molecule has 0 bridgehead atoms. The average molecular weight is 306 g/mol. The van der Waals surface area contributed by atoms with Crippen LogP contribution in [-0.4, -0.2) is 22.6 Å². The maximum absolute atomic E-state index is 10.8. The van der Waals surface area contributed by atoms with Crippen molar-refractivity contribution in [1.82, 2.24) is 0 Å². The van der Waals surface area contributed by atoms with Gasteiger partial charge in [0.05, 0.1) is 11.7 Å². The Morgan fingerprint density at radius 3 is 2.32 bits per heavy atom. The van der Waals surface area contributed by atoms with E-state index < -0.39 is 0 Å². The number of aromatic hydroxyl groups is 1. The third-order valence-electron chi connectivity index (χ3n) is 4.08. The molecule has 22 heavy (non-hydrogen) atoms. The molecule has 0 radical (unpaired) electrons. The number of unbranched alkanes of at least 4 members (excludes halogenated alkanes) is 7. The fraction of sp³-hybridized carbons (Fsp3) is 0.632. The number of hydrogen-bond donors (Lipinski definition) is 2. The van der Waals surface area contributed by atoms with E-state index in [1.807, 2.05) is 0 Å². The first-order valence-corrected chi connectivity index (χ1v) is 8.62. The summed E-state index contributed by atoms with van der Waals surface area (Å²) in [7, 11) is 0. The summed E-state index contributed by atoms with van der Waals surface area (Å²) in [6.45, 7) is 2.23. The zero-order valence-corrected chi connectivity index (χ0v) is 13.8. The Bertz CT molecular complexity index is 429. The highest BCUT2D eigenvalue weighted by atomic mass is 16.3. The highest BCUT2D eigenvalue weighted by Crippen LogP contribution is 2.19. The number of aliphatic hydroxyl groups excluding tert-OH is 1. The predicted molar refractivity (Wildman–Crippen MR) is 90.4 cm³/mol. The number of carbonyl (C=O) groups excluding carboxylic acids is 1. The molecule has 0 amide bonds. The van der Waals surface area contributed by atoms with E-state index in [9.17, 15) is 15.0 Å². The van der Waals surface area contributed by atoms with E-state index >= 15 is 0 Å². The van der Waals surface area contributed by atoms with Gasteiger partial charge >= 0.3 is 0 Å². The van der Waals surface area contributed by atoms with Gasteiger partial charge in [0, 0.05) is 0 Å². The molecule has 0 aromatic heterocycles. The van der Waals surface area contributed by atoms with Crippen LogP contribution in [-0.2, 0) is 6.42 Å². The highest BCUT2D eigenvalue weighted by molar-refractivity contribution is 5.79. The third kappa shape index (κ3) is 7.60. The molecule has 1 aromatic rings. The minimum Gasteiger partial charge on any atom is -0.507 e. The summed E-state index contributed by atoms with van der Waals surface area (Å²) >= 11 is 0. The van der Waals surface area contributed by atoms with E-state index in [1.165, 1.54) is 51.0 Å². The fourth-order valence-corrected chi connectivity index (χ4v) is 2.71. The maximum Gasteiger partial charge on any atom is 0.153 e. The summed E-state index contributed by atoms with van der Waals surface area (Å²) < 4.78 is 0. The lowest BCUT2D eigenvalue weighted by Gasteiger charge is -2.11. The predicted octanol–water partition coefficient (Wildman–Crippen LogP) is 4.64. The van der Waals surface area contributed by atoms with Gasteiger partial charge in [0.2, 0.25) is 0 Å². The largest absolute Gasteiger partial charge is 0.507 e. The first-order chi connectivity index (χ1) is 10.7. The van der Waals surface area contributed by atoms with Gasteiger partial charge in [0.15, 0.2) is 6.29 Å². The zero-order valence-electron chi connectivity index (χ0n) is 13.8. The van der Waals surface area contributed by atoms with Crippen molar-refractivity contribution in [2.24, 2.45) is 0 Å². The van der Waals surface area contributed by atoms with Crippen LogP contribution in [0.15, 0.2) is 18.2 Å². The van der Waals surface area contributed by atoms with Crippen molar-refractivity contribution in [3.63, 3.8) is 0 Å². The second-order valence-corrected chi connectivity index (χ2v) is 6.13. The van der Waals surface area contributed by atoms with Crippen molar-refractivity contribution >= 4 is 6.29 Å². The van der Waals surface area contributed by atoms with Crippen LogP contribution in [0.4, 0.5) is 0 Å². The molecule has 3 nitrogen and oxygen atoms in total. The first-order valence-electron chi connectivity index (χ1n) is 8.62. The second kappa shape index (κ2) is 11.2. The molecule has 0 fully saturated rings. The number of carbonyl (C=O) groups is 1. The van der Waals surface area contributed by atoms with Crippen molar-refractivity contribution in [2.75, 3.05) is 0 Å². The molecule has 0 aliphatic carbocycles. The van der Waals surface area contributed by atoms with E-state index in [0.717, 1.165) is 18.4 Å². The molecular weight excluding hydrogens is 276 g/mol. The lowest BCUT2D eigenvalue weighted by Crippen LogP contribution is -2.10. The van der Waals surface area contributed by atoms with Crippen LogP contribution in [0.25, 0.3) is 0 Å². The minimum absolute atomic E-state index is 0.00341. The normalized spacial score (nSPS) is 12.3. The van der Waals surface area contributed by atoms with E-state index in [1.54, 1.807) is 12.1 Å². The fourth-order valence-electron chi connectivity index (χ4n) is 2.71. The molecule has 124 valence electrons. The Labute approximate surface area is 134 Å². The molecule has 0 aliphatic heterocycles. The van der Waals surface area contributed by atoms with Crippen LogP contribution in [0.2, 0.25) is 0 Å². The van der Waals surface area contributed by atoms with Crippen molar-refractivity contribution in [2.45, 2.75) is 77.2 Å². The maximum atomic E-state index is 10.8. The van der Waals surface area contributed by atoms with Crippen LogP contribution < -0.4 is 0 Å². The second-order valence-electron chi connectivity index (χ2n) is 6.13. The Morgan fingerprint density at radius 1 is 1.05 bits per heavy atom. The Morgan fingerprint density at radius 2 is 1.68 bits per heavy atom. The first kappa shape index (κ1) is 18.7. The number of aldehydes is 1. The Hall–Kier alpha value is -1.35. The quantitative estimate of drug-likeness (QED) is 0.437. The molecule has 1 unspecified atom stereocenters. The summed E-state index contributed by atoms with van der Waals surface area (Å²) in [4.78, 5) is 10.8. The molecule has 0 spiro atoms. The molecule has 1 rings (SSSR count). The molecule has 2 N–H and O–H groups in total. The van der Waals surface area contributed by atoms with E-state index in [2.05, 4.69) is 6.92 Å². The standard InChI is InChI=1S/C19H30O3/c1-2-3-4-5-6-7-8-9-10-18(21)14-16-11-12-19(22)17(13-16)15-20/h11-13,15,18,21-22H,2-10,14H2,1H3. The average Bonchev–Trinajstić information content (AvgIpc) is 2.51. The van der Waals surface area contributed by atoms with Gasteiger partial charge in [0.25, 0.3) is 0 Å². The van der Waals surface area contributed by atoms with Crippen LogP contribution in [0, 0.1) is 0 Å². The molecule has 1 aromatic carbocycles. The van der Waals surface area contributed by atoms with Crippen molar-refractivity contribution in [3.8, 4) is 5.75 Å². The monoisotopic (exact) mass is 306 g/mol. The highest BCUT2D eigenvalue weighted by Gasteiger charge is 2.08. The minimum atomic E-state index is -0.371. The van der Waals surface area contributed by atoms with E-state index in [0.29, 0.717) is 12.7 Å². The topological polar surface area (TPSA) is 57.5 Å². The van der Waals surface area contributed by atoms with Gasteiger partial charge in [-0.25, -0.2) is 0 Å². The van der Waals surface area contributed by atoms with Crippen molar-refractivity contribution in [1.29, 1.82) is 0 Å². The molecule has 0 aliphatic rings. The van der Waals surface area contributed by atoms with Crippen LogP contribution in [0.1, 0.15) is 80.6 Å². The molecule has 1 atom stereocenters. The number of benzene rings is 1. The molecule has 3 heteroatoms. The van der Waals surface area contributed by atoms with Gasteiger partial charge in [-0.1, -0.05) is 64.4 Å². The molecular formula is C19H30O3. The Balaban J connectivity index is 2.15. The summed E-state index contributed by atoms with van der Waals surface area (Å²) in [5, 5.41) is 19.5. The number of rotatable bonds is 12. The van der Waals surface area contributed by atoms with Gasteiger partial charge in [-0.3, -0.25) is 4.79 Å². The molecule has 0 heterocycles. The van der Waals surface area contributed by atoms with Crippen LogP contribution >= 0.6 is 0 Å².